The number of nitrogens with zero attached hydrogens (tertiary/aromatic N) is 1. The summed E-state index contributed by atoms with van der Waals surface area (Å²) < 4.78 is 1.71. The molecular formula is C11H16GeN2. The molecule has 3 heteroatoms. The summed E-state index contributed by atoms with van der Waals surface area (Å²) in [7, 11) is 0. The third kappa shape index (κ3) is 1.24. The number of aromatic nitrogens is 1. The first-order chi connectivity index (χ1) is 6.91. The summed E-state index contributed by atoms with van der Waals surface area (Å²) in [5, 5.41) is 7.94. The average molecular weight is 249 g/mol. The Kier molecular flexibility index (Phi) is 2.13. The van der Waals surface area contributed by atoms with E-state index in [0.29, 0.717) is 0 Å². The van der Waals surface area contributed by atoms with E-state index in [4.69, 9.17) is 0 Å². The van der Waals surface area contributed by atoms with E-state index >= 15 is 0 Å². The van der Waals surface area contributed by atoms with Gasteiger partial charge in [0, 0.05) is 0 Å². The second-order valence-corrected chi connectivity index (χ2v) is 13.9. The van der Waals surface area contributed by atoms with Crippen LogP contribution in [0.4, 0.5) is 0 Å². The predicted octanol–water partition coefficient (Wildman–Crippen LogP) is 0.826. The number of aryl methyl sites for hydroxylation is 1. The molecule has 2 aliphatic rings. The molecule has 0 bridgehead atoms. The fourth-order valence-electron chi connectivity index (χ4n) is 3.06. The minimum atomic E-state index is -1.65. The van der Waals surface area contributed by atoms with E-state index in [2.05, 4.69) is 22.6 Å². The summed E-state index contributed by atoms with van der Waals surface area (Å²) in [4.78, 5) is 4.34. The molecule has 0 amide bonds. The topological polar surface area (TPSA) is 24.9 Å². The number of rotatable bonds is 0. The zero-order chi connectivity index (χ0) is 9.43. The maximum absolute atomic E-state index is 4.34. The molecule has 1 N–H and O–H groups in total. The number of pyridine rings is 1. The van der Waals surface area contributed by atoms with Gasteiger partial charge in [0.2, 0.25) is 0 Å². The summed E-state index contributed by atoms with van der Waals surface area (Å²) in [5.41, 5.74) is 1.62. The summed E-state index contributed by atoms with van der Waals surface area (Å²) in [6.07, 6.45) is 6.87. The first kappa shape index (κ1) is 8.92. The third-order valence-electron chi connectivity index (χ3n) is 3.83. The quantitative estimate of drug-likeness (QED) is 0.688. The fourth-order valence-corrected chi connectivity index (χ4v) is 13.0. The molecule has 0 radical (unpaired) electrons. The van der Waals surface area contributed by atoms with Gasteiger partial charge in [-0.1, -0.05) is 0 Å². The Hall–Kier alpha value is -0.347. The summed E-state index contributed by atoms with van der Waals surface area (Å²) >= 11 is -1.65. The molecule has 0 saturated carbocycles. The fraction of sp³-hybridized carbons (Fsp3) is 0.545. The van der Waals surface area contributed by atoms with Gasteiger partial charge in [-0.2, -0.15) is 0 Å². The van der Waals surface area contributed by atoms with Gasteiger partial charge in [-0.15, -0.1) is 0 Å². The van der Waals surface area contributed by atoms with Crippen LogP contribution in [-0.4, -0.2) is 30.2 Å². The van der Waals surface area contributed by atoms with Crippen molar-refractivity contribution in [3.63, 3.8) is 0 Å². The average Bonchev–Trinajstić information content (AvgIpc) is 2.68. The number of fused-ring (bicyclic) bond motifs is 2. The molecular weight excluding hydrogens is 233 g/mol. The van der Waals surface area contributed by atoms with Gasteiger partial charge in [-0.3, -0.25) is 0 Å². The van der Waals surface area contributed by atoms with E-state index in [1.165, 1.54) is 35.3 Å². The minimum absolute atomic E-state index is 1.26. The zero-order valence-corrected chi connectivity index (χ0v) is 10.5. The van der Waals surface area contributed by atoms with Gasteiger partial charge >= 0.3 is 87.3 Å². The van der Waals surface area contributed by atoms with E-state index in [1.807, 2.05) is 6.20 Å². The second kappa shape index (κ2) is 3.35. The van der Waals surface area contributed by atoms with Crippen LogP contribution >= 0.6 is 0 Å². The normalized spacial score (nSPS) is 30.6. The van der Waals surface area contributed by atoms with Crippen molar-refractivity contribution in [1.82, 2.24) is 10.3 Å². The van der Waals surface area contributed by atoms with Crippen LogP contribution < -0.4 is 9.71 Å². The van der Waals surface area contributed by atoms with E-state index < -0.39 is 13.3 Å². The van der Waals surface area contributed by atoms with Crippen molar-refractivity contribution in [3.8, 4) is 0 Å². The zero-order valence-electron chi connectivity index (χ0n) is 8.42. The van der Waals surface area contributed by atoms with E-state index in [1.54, 1.807) is 9.96 Å². The van der Waals surface area contributed by atoms with Gasteiger partial charge in [0.25, 0.3) is 0 Å². The maximum atomic E-state index is 4.34. The van der Waals surface area contributed by atoms with Crippen LogP contribution in [0.5, 0.6) is 0 Å². The molecule has 74 valence electrons. The molecule has 1 unspecified atom stereocenters. The molecule has 3 heterocycles. The van der Waals surface area contributed by atoms with Gasteiger partial charge in [0.15, 0.2) is 0 Å². The first-order valence-electron chi connectivity index (χ1n) is 5.55. The number of nitrogens with one attached hydrogen (secondary N) is 1. The molecule has 0 aromatic carbocycles. The second-order valence-electron chi connectivity index (χ2n) is 4.59. The van der Waals surface area contributed by atoms with Crippen LogP contribution in [0.3, 0.4) is 0 Å². The van der Waals surface area contributed by atoms with Crippen LogP contribution in [0.15, 0.2) is 18.5 Å². The van der Waals surface area contributed by atoms with Gasteiger partial charge in [0.1, 0.15) is 0 Å². The van der Waals surface area contributed by atoms with Crippen molar-refractivity contribution in [2.75, 3.05) is 11.9 Å². The Morgan fingerprint density at radius 1 is 1.36 bits per heavy atom. The van der Waals surface area contributed by atoms with E-state index in [9.17, 15) is 0 Å². The van der Waals surface area contributed by atoms with Gasteiger partial charge in [-0.05, 0) is 0 Å². The van der Waals surface area contributed by atoms with Crippen LogP contribution in [0.25, 0.3) is 0 Å². The Bertz CT molecular complexity index is 345. The van der Waals surface area contributed by atoms with E-state index in [0.717, 1.165) is 0 Å². The van der Waals surface area contributed by atoms with Crippen LogP contribution in [0.2, 0.25) is 10.5 Å². The summed E-state index contributed by atoms with van der Waals surface area (Å²) in [6.45, 7) is 1.26. The Morgan fingerprint density at radius 3 is 3.21 bits per heavy atom. The summed E-state index contributed by atoms with van der Waals surface area (Å²) in [5.74, 6) is 0. The van der Waals surface area contributed by atoms with Crippen molar-refractivity contribution in [2.45, 2.75) is 23.3 Å². The molecule has 1 saturated heterocycles. The van der Waals surface area contributed by atoms with Gasteiger partial charge in [0.05, 0.1) is 0 Å². The van der Waals surface area contributed by atoms with Gasteiger partial charge in [-0.25, -0.2) is 0 Å². The Labute approximate surface area is 87.5 Å². The standard InChI is InChI=1S/C11H16GeN2/c1-2-10-3-6-13-8-11(10)12(4-1)5-7-14-9-12/h3,6,8,14H,1-2,4-5,7,9H2. The molecule has 1 atom stereocenters. The molecule has 2 aliphatic heterocycles. The van der Waals surface area contributed by atoms with Crippen LogP contribution in [-0.2, 0) is 6.42 Å². The molecule has 1 aromatic heterocycles. The SMILES string of the molecule is c1cc2[c](cn1)[Ge]1([CH2]CC2)[CH2]CN[CH2]1. The van der Waals surface area contributed by atoms with Gasteiger partial charge < -0.3 is 0 Å². The summed E-state index contributed by atoms with van der Waals surface area (Å²) in [6, 6.07) is 2.25. The van der Waals surface area contributed by atoms with Crippen LogP contribution in [0, 0.1) is 0 Å². The Morgan fingerprint density at radius 2 is 2.36 bits per heavy atom. The van der Waals surface area contributed by atoms with E-state index in [-0.39, 0.29) is 0 Å². The molecule has 14 heavy (non-hydrogen) atoms. The molecule has 1 spiro atoms. The van der Waals surface area contributed by atoms with Crippen molar-refractivity contribution in [1.29, 1.82) is 0 Å². The number of hydrogen-bond donors (Lipinski definition) is 1. The molecule has 0 aliphatic carbocycles. The molecule has 1 fully saturated rings. The van der Waals surface area contributed by atoms with Crippen molar-refractivity contribution in [2.24, 2.45) is 0 Å². The van der Waals surface area contributed by atoms with Crippen molar-refractivity contribution in [3.05, 3.63) is 24.0 Å². The number of hydrogen-bond acceptors (Lipinski definition) is 2. The van der Waals surface area contributed by atoms with Crippen molar-refractivity contribution >= 4 is 17.7 Å². The molecule has 1 aromatic rings. The molecule has 3 rings (SSSR count). The first-order valence-corrected chi connectivity index (χ1v) is 11.0. The van der Waals surface area contributed by atoms with Crippen LogP contribution in [0.1, 0.15) is 12.0 Å². The van der Waals surface area contributed by atoms with Crippen molar-refractivity contribution < 1.29 is 0 Å². The predicted molar refractivity (Wildman–Crippen MR) is 60.4 cm³/mol. The molecule has 2 nitrogen and oxygen atoms in total. The third-order valence-corrected chi connectivity index (χ3v) is 14.4. The monoisotopic (exact) mass is 250 g/mol. The Balaban J connectivity index is 2.10.